The molecule has 0 aromatic carbocycles. The quantitative estimate of drug-likeness (QED) is 0.643. The predicted molar refractivity (Wildman–Crippen MR) is 84.2 cm³/mol. The van der Waals surface area contributed by atoms with E-state index < -0.39 is 23.3 Å². The van der Waals surface area contributed by atoms with Crippen LogP contribution in [0.5, 0.6) is 0 Å². The summed E-state index contributed by atoms with van der Waals surface area (Å²) in [5.74, 6) is 0.133. The second-order valence-corrected chi connectivity index (χ2v) is 6.45. The smallest absolute Gasteiger partial charge is 0.175 e. The van der Waals surface area contributed by atoms with Crippen LogP contribution >= 0.6 is 0 Å². The van der Waals surface area contributed by atoms with Crippen molar-refractivity contribution >= 4 is 0 Å². The van der Waals surface area contributed by atoms with Crippen molar-refractivity contribution in [3.63, 3.8) is 0 Å². The summed E-state index contributed by atoms with van der Waals surface area (Å²) in [6.07, 6.45) is 0. The monoisotopic (exact) mass is 308 g/mol. The van der Waals surface area contributed by atoms with Crippen molar-refractivity contribution in [2.45, 2.75) is 64.8 Å². The maximum Gasteiger partial charge on any atom is 0.175 e. The molecular weight excluding hydrogens is 280 g/mol. The predicted octanol–water partition coefficient (Wildman–Crippen LogP) is 3.35. The van der Waals surface area contributed by atoms with Crippen LogP contribution in [0.25, 0.3) is 0 Å². The van der Waals surface area contributed by atoms with E-state index in [9.17, 15) is 10.5 Å². The van der Waals surface area contributed by atoms with E-state index >= 15 is 0 Å². The molecule has 0 aromatic heterocycles. The minimum Gasteiger partial charge on any atom is -0.361 e. The van der Waals surface area contributed by atoms with Gasteiger partial charge >= 0.3 is 0 Å². The van der Waals surface area contributed by atoms with Gasteiger partial charge in [-0.15, -0.1) is 0 Å². The minimum atomic E-state index is -1.06. The molecule has 0 spiro atoms. The van der Waals surface area contributed by atoms with Gasteiger partial charge in [-0.2, -0.15) is 20.8 Å². The Bertz CT molecular complexity index is 422. The van der Waals surface area contributed by atoms with Crippen molar-refractivity contribution in [1.82, 2.24) is 0 Å². The van der Waals surface area contributed by atoms with Crippen molar-refractivity contribution in [1.29, 1.82) is 10.5 Å². The van der Waals surface area contributed by atoms with Gasteiger partial charge < -0.3 is 9.47 Å². The van der Waals surface area contributed by atoms with Gasteiger partial charge in [0.1, 0.15) is 12.1 Å². The molecular formula is C16H28N4O2. The fourth-order valence-electron chi connectivity index (χ4n) is 2.37. The minimum absolute atomic E-state index is 0.0667. The Balaban J connectivity index is 5.65. The Hall–Kier alpha value is -1.50. The molecule has 0 bridgehead atoms. The number of methoxy groups -OCH3 is 2. The van der Waals surface area contributed by atoms with Gasteiger partial charge in [-0.1, -0.05) is 27.7 Å². The first-order valence-corrected chi connectivity index (χ1v) is 7.44. The highest BCUT2D eigenvalue weighted by molar-refractivity contribution is 5.09. The van der Waals surface area contributed by atoms with Gasteiger partial charge in [0.05, 0.1) is 12.1 Å². The van der Waals surface area contributed by atoms with Gasteiger partial charge in [-0.25, -0.2) is 0 Å². The molecule has 0 radical (unpaired) electrons. The van der Waals surface area contributed by atoms with Gasteiger partial charge in [0, 0.05) is 14.2 Å². The molecule has 124 valence electrons. The van der Waals surface area contributed by atoms with E-state index in [4.69, 9.17) is 9.47 Å². The van der Waals surface area contributed by atoms with Crippen LogP contribution in [0.3, 0.4) is 0 Å². The van der Waals surface area contributed by atoms with E-state index in [2.05, 4.69) is 22.4 Å². The number of nitriles is 2. The van der Waals surface area contributed by atoms with E-state index in [-0.39, 0.29) is 11.8 Å². The standard InChI is InChI=1S/C16H28N4O2/c1-11(2)13(15(5,9-17)21-7)19-20-14(12(3)4)16(6,10-18)22-8/h11-14H,1-8H3/b20-19+. The summed E-state index contributed by atoms with van der Waals surface area (Å²) in [5.41, 5.74) is -2.12. The van der Waals surface area contributed by atoms with Gasteiger partial charge in [0.15, 0.2) is 11.2 Å². The third-order valence-corrected chi connectivity index (χ3v) is 4.00. The van der Waals surface area contributed by atoms with Crippen LogP contribution < -0.4 is 0 Å². The Kier molecular flexibility index (Phi) is 7.66. The molecule has 6 nitrogen and oxygen atoms in total. The van der Waals surface area contributed by atoms with E-state index in [1.165, 1.54) is 14.2 Å². The van der Waals surface area contributed by atoms with Crippen molar-refractivity contribution in [3.8, 4) is 12.1 Å². The van der Waals surface area contributed by atoms with Crippen LogP contribution in [0.4, 0.5) is 0 Å². The lowest BCUT2D eigenvalue weighted by atomic mass is 9.88. The molecule has 0 saturated carbocycles. The van der Waals surface area contributed by atoms with E-state index in [1.54, 1.807) is 13.8 Å². The molecule has 6 heteroatoms. The number of hydrogen-bond donors (Lipinski definition) is 0. The maximum atomic E-state index is 9.38. The fraction of sp³-hybridized carbons (Fsp3) is 0.875. The largest absolute Gasteiger partial charge is 0.361 e. The number of rotatable bonds is 8. The van der Waals surface area contributed by atoms with Crippen molar-refractivity contribution in [2.75, 3.05) is 14.2 Å². The third-order valence-electron chi connectivity index (χ3n) is 4.00. The van der Waals surface area contributed by atoms with Crippen LogP contribution in [-0.4, -0.2) is 37.5 Å². The molecule has 0 aliphatic rings. The topological polar surface area (TPSA) is 90.8 Å². The third kappa shape index (κ3) is 4.50. The first-order valence-electron chi connectivity index (χ1n) is 7.44. The lowest BCUT2D eigenvalue weighted by molar-refractivity contribution is 0.00692. The SMILES string of the molecule is COC(C)(C#N)C(/N=N/C(C(C)C)C(C)(C#N)OC)C(C)C. The van der Waals surface area contributed by atoms with Crippen molar-refractivity contribution < 1.29 is 9.47 Å². The van der Waals surface area contributed by atoms with Gasteiger partial charge in [0.2, 0.25) is 0 Å². The lowest BCUT2D eigenvalue weighted by Gasteiger charge is -2.32. The summed E-state index contributed by atoms with van der Waals surface area (Å²) in [5, 5.41) is 27.5. The molecule has 0 aliphatic carbocycles. The molecule has 0 aromatic rings. The van der Waals surface area contributed by atoms with Gasteiger partial charge in [-0.05, 0) is 25.7 Å². The van der Waals surface area contributed by atoms with Crippen LogP contribution in [0.2, 0.25) is 0 Å². The first-order chi connectivity index (χ1) is 10.1. The van der Waals surface area contributed by atoms with Crippen molar-refractivity contribution in [2.24, 2.45) is 22.1 Å². The molecule has 4 unspecified atom stereocenters. The van der Waals surface area contributed by atoms with E-state index in [0.29, 0.717) is 0 Å². The number of nitrogens with zero attached hydrogens (tertiary/aromatic N) is 4. The summed E-state index contributed by atoms with van der Waals surface area (Å²) in [6.45, 7) is 11.2. The highest BCUT2D eigenvalue weighted by atomic mass is 16.5. The average Bonchev–Trinajstić information content (AvgIpc) is 2.49. The van der Waals surface area contributed by atoms with Crippen LogP contribution in [-0.2, 0) is 9.47 Å². The highest BCUT2D eigenvalue weighted by Crippen LogP contribution is 2.28. The zero-order valence-electron chi connectivity index (χ0n) is 14.9. The zero-order valence-corrected chi connectivity index (χ0v) is 14.9. The molecule has 0 aliphatic heterocycles. The first kappa shape index (κ1) is 20.5. The highest BCUT2D eigenvalue weighted by Gasteiger charge is 2.40. The molecule has 4 atom stereocenters. The summed E-state index contributed by atoms with van der Waals surface area (Å²) in [6, 6.07) is 3.46. The van der Waals surface area contributed by atoms with Gasteiger partial charge in [0.25, 0.3) is 0 Å². The molecule has 0 heterocycles. The molecule has 0 saturated heterocycles. The molecule has 0 N–H and O–H groups in total. The second kappa shape index (κ2) is 8.22. The Morgan fingerprint density at radius 1 is 0.773 bits per heavy atom. The molecule has 0 fully saturated rings. The van der Waals surface area contributed by atoms with E-state index in [1.807, 2.05) is 27.7 Å². The van der Waals surface area contributed by atoms with Crippen molar-refractivity contribution in [3.05, 3.63) is 0 Å². The Labute approximate surface area is 134 Å². The second-order valence-electron chi connectivity index (χ2n) is 6.45. The normalized spacial score (nSPS) is 20.2. The zero-order chi connectivity index (χ0) is 17.6. The average molecular weight is 308 g/mol. The Morgan fingerprint density at radius 2 is 1.05 bits per heavy atom. The number of azo groups is 1. The maximum absolute atomic E-state index is 9.38. The summed E-state index contributed by atoms with van der Waals surface area (Å²) in [7, 11) is 2.98. The summed E-state index contributed by atoms with van der Waals surface area (Å²) in [4.78, 5) is 0. The lowest BCUT2D eigenvalue weighted by Crippen LogP contribution is -2.44. The molecule has 0 rings (SSSR count). The summed E-state index contributed by atoms with van der Waals surface area (Å²) >= 11 is 0. The van der Waals surface area contributed by atoms with Gasteiger partial charge in [-0.3, -0.25) is 0 Å². The molecule has 0 amide bonds. The molecule has 22 heavy (non-hydrogen) atoms. The van der Waals surface area contributed by atoms with Crippen LogP contribution in [0, 0.1) is 34.5 Å². The summed E-state index contributed by atoms with van der Waals surface area (Å²) < 4.78 is 10.7. The fourth-order valence-corrected chi connectivity index (χ4v) is 2.37. The number of hydrogen-bond acceptors (Lipinski definition) is 6. The van der Waals surface area contributed by atoms with Crippen LogP contribution in [0.15, 0.2) is 10.2 Å². The van der Waals surface area contributed by atoms with E-state index in [0.717, 1.165) is 0 Å². The van der Waals surface area contributed by atoms with Crippen LogP contribution in [0.1, 0.15) is 41.5 Å². The Morgan fingerprint density at radius 3 is 1.18 bits per heavy atom. The number of ether oxygens (including phenoxy) is 2.